The highest BCUT2D eigenvalue weighted by Crippen LogP contribution is 2.16. The number of halogens is 1. The molecule has 1 N–H and O–H groups in total. The maximum Gasteiger partial charge on any atom is 0.284 e. The van der Waals surface area contributed by atoms with Crippen molar-refractivity contribution < 1.29 is 13.9 Å². The second-order valence-electron chi connectivity index (χ2n) is 6.33. The van der Waals surface area contributed by atoms with Crippen LogP contribution in [0.5, 0.6) is 5.75 Å². The minimum absolute atomic E-state index is 0.00990. The molecule has 0 aliphatic rings. The van der Waals surface area contributed by atoms with E-state index in [9.17, 15) is 14.0 Å². The fourth-order valence-electron chi connectivity index (χ4n) is 2.87. The van der Waals surface area contributed by atoms with Crippen LogP contribution in [-0.2, 0) is 11.3 Å². The maximum absolute atomic E-state index is 13.1. The Kier molecular flexibility index (Phi) is 5.21. The molecule has 0 saturated heterocycles. The molecule has 10 heteroatoms. The summed E-state index contributed by atoms with van der Waals surface area (Å²) in [5.41, 5.74) is 0.810. The van der Waals surface area contributed by atoms with Crippen LogP contribution in [0.15, 0.2) is 59.7 Å². The van der Waals surface area contributed by atoms with Crippen molar-refractivity contribution in [2.75, 3.05) is 11.9 Å². The summed E-state index contributed by atoms with van der Waals surface area (Å²) in [6, 6.07) is 12.5. The molecule has 0 saturated carbocycles. The standard InChI is InChI=1S/C20H17FN6O3/c1-2-30-16-9-5-14(6-10-16)23-17(28)11-26-12-22-19-18(20(26)29)24-25-27(19)15-7-3-13(21)4-8-15/h3-10,12H,2,11H2,1H3,(H,23,28). The first-order valence-corrected chi connectivity index (χ1v) is 9.14. The molecule has 0 spiro atoms. The highest BCUT2D eigenvalue weighted by atomic mass is 19.1. The van der Waals surface area contributed by atoms with Crippen LogP contribution in [0.25, 0.3) is 16.9 Å². The van der Waals surface area contributed by atoms with Crippen LogP contribution >= 0.6 is 0 Å². The summed E-state index contributed by atoms with van der Waals surface area (Å²) < 4.78 is 21.0. The summed E-state index contributed by atoms with van der Waals surface area (Å²) in [5.74, 6) is -0.0871. The van der Waals surface area contributed by atoms with E-state index in [0.29, 0.717) is 23.7 Å². The summed E-state index contributed by atoms with van der Waals surface area (Å²) in [5, 5.41) is 10.5. The van der Waals surface area contributed by atoms with Crippen LogP contribution < -0.4 is 15.6 Å². The van der Waals surface area contributed by atoms with Gasteiger partial charge >= 0.3 is 0 Å². The highest BCUT2D eigenvalue weighted by Gasteiger charge is 2.15. The summed E-state index contributed by atoms with van der Waals surface area (Å²) in [6.07, 6.45) is 1.26. The van der Waals surface area contributed by atoms with Crippen LogP contribution in [0.2, 0.25) is 0 Å². The Labute approximate surface area is 169 Å². The smallest absolute Gasteiger partial charge is 0.284 e. The van der Waals surface area contributed by atoms with Gasteiger partial charge in [0.15, 0.2) is 11.2 Å². The van der Waals surface area contributed by atoms with Gasteiger partial charge < -0.3 is 10.1 Å². The molecule has 9 nitrogen and oxygen atoms in total. The number of hydrogen-bond acceptors (Lipinski definition) is 6. The Hall–Kier alpha value is -4.08. The van der Waals surface area contributed by atoms with Crippen molar-refractivity contribution in [2.45, 2.75) is 13.5 Å². The molecule has 4 rings (SSSR count). The molecule has 0 unspecified atom stereocenters. The first-order valence-electron chi connectivity index (χ1n) is 9.14. The van der Waals surface area contributed by atoms with Crippen LogP contribution in [0.3, 0.4) is 0 Å². The van der Waals surface area contributed by atoms with Crippen LogP contribution in [0.1, 0.15) is 6.92 Å². The molecule has 0 radical (unpaired) electrons. The van der Waals surface area contributed by atoms with Crippen molar-refractivity contribution in [1.29, 1.82) is 0 Å². The summed E-state index contributed by atoms with van der Waals surface area (Å²) in [4.78, 5) is 29.2. The van der Waals surface area contributed by atoms with E-state index in [1.54, 1.807) is 24.3 Å². The van der Waals surface area contributed by atoms with Gasteiger partial charge in [0.25, 0.3) is 5.56 Å². The van der Waals surface area contributed by atoms with E-state index >= 15 is 0 Å². The number of carbonyl (C=O) groups excluding carboxylic acids is 1. The van der Waals surface area contributed by atoms with Crippen molar-refractivity contribution in [3.05, 3.63) is 71.0 Å². The van der Waals surface area contributed by atoms with Gasteiger partial charge in [0, 0.05) is 5.69 Å². The van der Waals surface area contributed by atoms with Crippen molar-refractivity contribution >= 4 is 22.8 Å². The van der Waals surface area contributed by atoms with Crippen LogP contribution in [0.4, 0.5) is 10.1 Å². The second-order valence-corrected chi connectivity index (χ2v) is 6.33. The number of ether oxygens (including phenoxy) is 1. The summed E-state index contributed by atoms with van der Waals surface area (Å²) >= 11 is 0. The lowest BCUT2D eigenvalue weighted by Crippen LogP contribution is -2.28. The van der Waals surface area contributed by atoms with E-state index in [0.717, 1.165) is 4.57 Å². The number of rotatable bonds is 6. The lowest BCUT2D eigenvalue weighted by molar-refractivity contribution is -0.116. The fourth-order valence-corrected chi connectivity index (χ4v) is 2.87. The van der Waals surface area contributed by atoms with Gasteiger partial charge in [-0.2, -0.15) is 4.68 Å². The molecule has 2 aromatic carbocycles. The average Bonchev–Trinajstić information content (AvgIpc) is 3.17. The molecule has 0 atom stereocenters. The quantitative estimate of drug-likeness (QED) is 0.524. The highest BCUT2D eigenvalue weighted by molar-refractivity contribution is 5.90. The first kappa shape index (κ1) is 19.2. The largest absolute Gasteiger partial charge is 0.494 e. The van der Waals surface area contributed by atoms with Crippen LogP contribution in [-0.4, -0.2) is 37.1 Å². The van der Waals surface area contributed by atoms with Crippen LogP contribution in [0, 0.1) is 5.82 Å². The molecule has 0 bridgehead atoms. The molecule has 0 aliphatic carbocycles. The van der Waals surface area contributed by atoms with Gasteiger partial charge in [0.2, 0.25) is 5.91 Å². The van der Waals surface area contributed by atoms with Crippen molar-refractivity contribution in [2.24, 2.45) is 0 Å². The van der Waals surface area contributed by atoms with E-state index in [-0.39, 0.29) is 17.7 Å². The zero-order valence-electron chi connectivity index (χ0n) is 15.9. The third-order valence-corrected chi connectivity index (χ3v) is 4.26. The normalized spacial score (nSPS) is 10.9. The second kappa shape index (κ2) is 8.11. The molecular formula is C20H17FN6O3. The van der Waals surface area contributed by atoms with Crippen molar-refractivity contribution in [3.63, 3.8) is 0 Å². The van der Waals surface area contributed by atoms with E-state index in [4.69, 9.17) is 4.74 Å². The Balaban J connectivity index is 1.53. The molecule has 0 fully saturated rings. The van der Waals surface area contributed by atoms with Crippen molar-refractivity contribution in [1.82, 2.24) is 24.5 Å². The Morgan fingerprint density at radius 1 is 1.13 bits per heavy atom. The maximum atomic E-state index is 13.1. The number of anilines is 1. The van der Waals surface area contributed by atoms with Gasteiger partial charge in [-0.15, -0.1) is 5.10 Å². The Morgan fingerprint density at radius 3 is 2.57 bits per heavy atom. The van der Waals surface area contributed by atoms with Gasteiger partial charge in [-0.05, 0) is 55.5 Å². The molecular weight excluding hydrogens is 391 g/mol. The Morgan fingerprint density at radius 2 is 1.87 bits per heavy atom. The van der Waals surface area contributed by atoms with Gasteiger partial charge in [0.05, 0.1) is 12.3 Å². The number of hydrogen-bond donors (Lipinski definition) is 1. The van der Waals surface area contributed by atoms with Gasteiger partial charge in [-0.1, -0.05) is 5.21 Å². The predicted molar refractivity (Wildman–Crippen MR) is 107 cm³/mol. The van der Waals surface area contributed by atoms with E-state index in [2.05, 4.69) is 20.6 Å². The average molecular weight is 408 g/mol. The number of amides is 1. The van der Waals surface area contributed by atoms with E-state index in [1.165, 1.54) is 35.3 Å². The lowest BCUT2D eigenvalue weighted by Gasteiger charge is -2.08. The number of carbonyl (C=O) groups is 1. The molecule has 30 heavy (non-hydrogen) atoms. The van der Waals surface area contributed by atoms with Gasteiger partial charge in [-0.25, -0.2) is 9.37 Å². The molecule has 2 aromatic heterocycles. The topological polar surface area (TPSA) is 104 Å². The number of nitrogens with zero attached hydrogens (tertiary/aromatic N) is 5. The molecule has 1 amide bonds. The zero-order valence-corrected chi connectivity index (χ0v) is 15.9. The van der Waals surface area contributed by atoms with Gasteiger partial charge in [0.1, 0.15) is 24.4 Å². The van der Waals surface area contributed by atoms with E-state index < -0.39 is 17.3 Å². The minimum atomic E-state index is -0.504. The van der Waals surface area contributed by atoms with Gasteiger partial charge in [-0.3, -0.25) is 14.2 Å². The monoisotopic (exact) mass is 408 g/mol. The molecule has 152 valence electrons. The number of nitrogens with one attached hydrogen (secondary N) is 1. The van der Waals surface area contributed by atoms with Crippen molar-refractivity contribution in [3.8, 4) is 11.4 Å². The number of aromatic nitrogens is 5. The minimum Gasteiger partial charge on any atom is -0.494 e. The molecule has 2 heterocycles. The first-order chi connectivity index (χ1) is 14.5. The van der Waals surface area contributed by atoms with E-state index in [1.807, 2.05) is 6.92 Å². The molecule has 4 aromatic rings. The molecule has 0 aliphatic heterocycles. The Bertz CT molecular complexity index is 1250. The third kappa shape index (κ3) is 3.88. The summed E-state index contributed by atoms with van der Waals surface area (Å²) in [6.45, 7) is 2.20. The lowest BCUT2D eigenvalue weighted by atomic mass is 10.3. The summed E-state index contributed by atoms with van der Waals surface area (Å²) in [7, 11) is 0. The fraction of sp³-hybridized carbons (Fsp3) is 0.150. The number of benzene rings is 2. The zero-order chi connectivity index (χ0) is 21.1. The SMILES string of the molecule is CCOc1ccc(NC(=O)Cn2cnc3c(nnn3-c3ccc(F)cc3)c2=O)cc1. The number of fused-ring (bicyclic) bond motifs is 1. The third-order valence-electron chi connectivity index (χ3n) is 4.26. The predicted octanol–water partition coefficient (Wildman–Crippen LogP) is 2.15.